The monoisotopic (exact) mass is 521 g/mol. The van der Waals surface area contributed by atoms with E-state index >= 15 is 0 Å². The maximum absolute atomic E-state index is 6.35. The molecule has 1 unspecified atom stereocenters. The van der Waals surface area contributed by atoms with Crippen LogP contribution in [0.15, 0.2) is 24.3 Å². The van der Waals surface area contributed by atoms with Gasteiger partial charge in [-0.15, -0.1) is 0 Å². The fourth-order valence-corrected chi connectivity index (χ4v) is 15.6. The molecule has 2 fully saturated rings. The average molecular weight is 522 g/mol. The number of hydrogen-bond acceptors (Lipinski definition) is 2. The van der Waals surface area contributed by atoms with E-state index in [1.807, 2.05) is 14.2 Å². The van der Waals surface area contributed by atoms with Crippen molar-refractivity contribution in [1.29, 1.82) is 0 Å². The van der Waals surface area contributed by atoms with Crippen molar-refractivity contribution in [2.75, 3.05) is 14.2 Å². The van der Waals surface area contributed by atoms with Gasteiger partial charge >= 0.3 is 0 Å². The van der Waals surface area contributed by atoms with Crippen LogP contribution in [0.25, 0.3) is 11.1 Å². The molecule has 2 nitrogen and oxygen atoms in total. The van der Waals surface area contributed by atoms with Gasteiger partial charge in [0.1, 0.15) is 11.1 Å². The van der Waals surface area contributed by atoms with Crippen LogP contribution in [0.4, 0.5) is 0 Å². The zero-order valence-electron chi connectivity index (χ0n) is 24.5. The van der Waals surface area contributed by atoms with Gasteiger partial charge in [0.05, 0.1) is 44.0 Å². The van der Waals surface area contributed by atoms with Gasteiger partial charge in [0.2, 0.25) is 0 Å². The third-order valence-electron chi connectivity index (χ3n) is 10.1. The van der Waals surface area contributed by atoms with Gasteiger partial charge in [-0.2, -0.15) is 0 Å². The molecule has 0 N–H and O–H groups in total. The van der Waals surface area contributed by atoms with E-state index in [2.05, 4.69) is 58.9 Å². The van der Waals surface area contributed by atoms with Gasteiger partial charge < -0.3 is 9.47 Å². The summed E-state index contributed by atoms with van der Waals surface area (Å²) in [6.45, 7) is 12.1. The number of ether oxygens (including phenoxy) is 2. The van der Waals surface area contributed by atoms with Crippen LogP contribution in [-0.4, -0.2) is 25.5 Å². The molecule has 3 aliphatic rings. The molecule has 2 aliphatic carbocycles. The molecule has 2 aromatic carbocycles. The Morgan fingerprint density at radius 3 is 1.73 bits per heavy atom. The number of methoxy groups -OCH3 is 2. The van der Waals surface area contributed by atoms with Gasteiger partial charge in [0.25, 0.3) is 0 Å². The molecule has 0 aromatic heterocycles. The summed E-state index contributed by atoms with van der Waals surface area (Å²) in [5.74, 6) is 3.18. The molecule has 1 aliphatic heterocycles. The molecule has 37 heavy (non-hydrogen) atoms. The van der Waals surface area contributed by atoms with Gasteiger partial charge in [-0.05, 0) is 93.4 Å². The highest BCUT2D eigenvalue weighted by Crippen LogP contribution is 2.83. The molecule has 2 aromatic rings. The number of benzene rings is 2. The van der Waals surface area contributed by atoms with Crippen molar-refractivity contribution in [3.8, 4) is 22.6 Å². The first-order valence-electron chi connectivity index (χ1n) is 15.2. The molecule has 0 radical (unpaired) electrons. The Morgan fingerprint density at radius 1 is 0.703 bits per heavy atom. The average Bonchev–Trinajstić information content (AvgIpc) is 2.93. The van der Waals surface area contributed by atoms with E-state index in [4.69, 9.17) is 9.47 Å². The van der Waals surface area contributed by atoms with Crippen molar-refractivity contribution in [3.63, 3.8) is 0 Å². The van der Waals surface area contributed by atoms with Gasteiger partial charge in [0.15, 0.2) is 5.75 Å². The Hall–Kier alpha value is -1.53. The van der Waals surface area contributed by atoms with Crippen LogP contribution < -0.4 is 14.8 Å². The molecule has 2 saturated carbocycles. The third-order valence-corrected chi connectivity index (χ3v) is 16.4. The predicted octanol–water partition coefficient (Wildman–Crippen LogP) is 10.0. The number of rotatable bonds is 6. The first-order chi connectivity index (χ1) is 17.9. The Labute approximate surface area is 227 Å². The molecular formula is C34H50O2P+. The first kappa shape index (κ1) is 27.1. The van der Waals surface area contributed by atoms with Crippen LogP contribution in [0.3, 0.4) is 0 Å². The molecule has 5 rings (SSSR count). The Morgan fingerprint density at radius 2 is 1.24 bits per heavy atom. The highest BCUT2D eigenvalue weighted by Gasteiger charge is 2.63. The van der Waals surface area contributed by atoms with Gasteiger partial charge in [-0.25, -0.2) is 0 Å². The summed E-state index contributed by atoms with van der Waals surface area (Å²) >= 11 is 0. The second kappa shape index (κ2) is 10.9. The minimum absolute atomic E-state index is 0.457. The lowest BCUT2D eigenvalue weighted by atomic mass is 9.83. The third kappa shape index (κ3) is 4.34. The molecule has 1 heterocycles. The minimum atomic E-state index is -1.65. The zero-order chi connectivity index (χ0) is 26.3. The van der Waals surface area contributed by atoms with Crippen molar-refractivity contribution in [2.24, 2.45) is 0 Å². The number of hydrogen-bond donors (Lipinski definition) is 0. The van der Waals surface area contributed by atoms with E-state index in [0.717, 1.165) is 22.8 Å². The van der Waals surface area contributed by atoms with E-state index < -0.39 is 7.26 Å². The largest absolute Gasteiger partial charge is 0.496 e. The molecule has 0 amide bonds. The van der Waals surface area contributed by atoms with E-state index in [-0.39, 0.29) is 0 Å². The van der Waals surface area contributed by atoms with Crippen molar-refractivity contribution in [2.45, 2.75) is 128 Å². The van der Waals surface area contributed by atoms with Crippen molar-refractivity contribution < 1.29 is 9.47 Å². The van der Waals surface area contributed by atoms with E-state index in [9.17, 15) is 0 Å². The SMILES string of the molecule is COc1ccc(OC)c2c1-c1c(C(C)C)cc(C(C)C)cc1C(C)[P+]2(C1CCCCC1)C1CCCCC1. The molecule has 0 spiro atoms. The maximum Gasteiger partial charge on any atom is 0.161 e. The van der Waals surface area contributed by atoms with Crippen LogP contribution in [-0.2, 0) is 0 Å². The maximum atomic E-state index is 6.35. The first-order valence-corrected chi connectivity index (χ1v) is 17.2. The second-order valence-corrected chi connectivity index (χ2v) is 17.0. The lowest BCUT2D eigenvalue weighted by Crippen LogP contribution is -2.41. The smallest absolute Gasteiger partial charge is 0.161 e. The Bertz CT molecular complexity index is 1090. The fourth-order valence-electron chi connectivity index (χ4n) is 8.37. The quantitative estimate of drug-likeness (QED) is 0.352. The zero-order valence-corrected chi connectivity index (χ0v) is 25.4. The van der Waals surface area contributed by atoms with Crippen LogP contribution >= 0.6 is 7.26 Å². The van der Waals surface area contributed by atoms with Gasteiger partial charge in [-0.1, -0.05) is 52.7 Å². The Kier molecular flexibility index (Phi) is 7.98. The van der Waals surface area contributed by atoms with Crippen molar-refractivity contribution in [1.82, 2.24) is 0 Å². The van der Waals surface area contributed by atoms with E-state index in [1.54, 1.807) is 10.9 Å². The van der Waals surface area contributed by atoms with Crippen LogP contribution in [0.2, 0.25) is 0 Å². The van der Waals surface area contributed by atoms with E-state index in [1.165, 1.54) is 86.5 Å². The van der Waals surface area contributed by atoms with Crippen molar-refractivity contribution in [3.05, 3.63) is 41.0 Å². The summed E-state index contributed by atoms with van der Waals surface area (Å²) < 4.78 is 12.6. The van der Waals surface area contributed by atoms with E-state index in [0.29, 0.717) is 17.5 Å². The summed E-state index contributed by atoms with van der Waals surface area (Å²) in [6.07, 6.45) is 14.0. The molecule has 0 bridgehead atoms. The Balaban J connectivity index is 1.93. The van der Waals surface area contributed by atoms with Gasteiger partial charge in [0, 0.05) is 11.1 Å². The highest BCUT2D eigenvalue weighted by atomic mass is 31.2. The molecule has 0 saturated heterocycles. The fraction of sp³-hybridized carbons (Fsp3) is 0.647. The summed E-state index contributed by atoms with van der Waals surface area (Å²) in [6, 6.07) is 9.57. The normalized spacial score (nSPS) is 22.1. The van der Waals surface area contributed by atoms with Crippen LogP contribution in [0, 0.1) is 0 Å². The lowest BCUT2D eigenvalue weighted by molar-refractivity contribution is 0.406. The molecule has 3 heteroatoms. The minimum Gasteiger partial charge on any atom is -0.496 e. The van der Waals surface area contributed by atoms with Crippen LogP contribution in [0.5, 0.6) is 11.5 Å². The second-order valence-electron chi connectivity index (χ2n) is 12.7. The standard InChI is InChI=1S/C34H50O2P/c1-22(2)25-20-28(23(3)4)32-29(21-25)24(5)37(26-14-10-8-11-15-26,27-16-12-9-13-17-27)34-31(36-7)19-18-30(35-6)33(32)34/h18-24,26-27H,8-17H2,1-7H3/q+1. The summed E-state index contributed by atoms with van der Waals surface area (Å²) in [5, 5.41) is 1.60. The molecule has 1 atom stereocenters. The van der Waals surface area contributed by atoms with Crippen molar-refractivity contribution >= 4 is 12.6 Å². The molecule has 202 valence electrons. The number of fused-ring (bicyclic) bond motifs is 3. The summed E-state index contributed by atoms with van der Waals surface area (Å²) in [7, 11) is 2.13. The lowest BCUT2D eigenvalue weighted by Gasteiger charge is -2.50. The van der Waals surface area contributed by atoms with Gasteiger partial charge in [-0.3, -0.25) is 0 Å². The summed E-state index contributed by atoms with van der Waals surface area (Å²) in [4.78, 5) is 0. The highest BCUT2D eigenvalue weighted by molar-refractivity contribution is 7.85. The summed E-state index contributed by atoms with van der Waals surface area (Å²) in [5.41, 5.74) is 9.67. The topological polar surface area (TPSA) is 18.5 Å². The predicted molar refractivity (Wildman–Crippen MR) is 162 cm³/mol. The molecular weight excluding hydrogens is 471 g/mol. The van der Waals surface area contributed by atoms with Crippen LogP contribution in [0.1, 0.15) is 133 Å².